The van der Waals surface area contributed by atoms with Crippen LogP contribution in [0.3, 0.4) is 0 Å². The molecule has 0 unspecified atom stereocenters. The Morgan fingerprint density at radius 3 is 2.73 bits per heavy atom. The van der Waals surface area contributed by atoms with Crippen molar-refractivity contribution in [2.45, 2.75) is 45.8 Å². The van der Waals surface area contributed by atoms with Crippen molar-refractivity contribution in [2.24, 2.45) is 5.92 Å². The Hall–Kier alpha value is -3.56. The zero-order valence-corrected chi connectivity index (χ0v) is 18.6. The molecule has 0 bridgehead atoms. The van der Waals surface area contributed by atoms with Crippen molar-refractivity contribution in [2.75, 3.05) is 11.9 Å². The predicted molar refractivity (Wildman–Crippen MR) is 121 cm³/mol. The topological polar surface area (TPSA) is 116 Å². The van der Waals surface area contributed by atoms with Gasteiger partial charge in [0.25, 0.3) is 5.91 Å². The largest absolute Gasteiger partial charge is 0.435 e. The molecular formula is C23H26F2N6O2. The molecule has 3 aromatic rings. The van der Waals surface area contributed by atoms with Crippen LogP contribution in [0.5, 0.6) is 5.75 Å². The second-order valence-electron chi connectivity index (χ2n) is 9.14. The van der Waals surface area contributed by atoms with Crippen LogP contribution in [-0.4, -0.2) is 45.3 Å². The summed E-state index contributed by atoms with van der Waals surface area (Å²) in [7, 11) is 0. The number of halogens is 2. The molecule has 10 heteroatoms. The van der Waals surface area contributed by atoms with Crippen LogP contribution >= 0.6 is 0 Å². The number of nitrogens with one attached hydrogen (secondary N) is 4. The van der Waals surface area contributed by atoms with Gasteiger partial charge in [-0.1, -0.05) is 0 Å². The lowest BCUT2D eigenvalue weighted by atomic mass is 10.0. The Kier molecular flexibility index (Phi) is 6.01. The standard InChI is InChI=1S/C23H26F2N6O2/c1-23(2,3)31-21(32)15-10-28-20-19(15)30-17(11-29-20)18(26)14-8-13(33-22(24)25)6-7-16(14)27-9-12-4-5-12/h6-8,10-12,22,26-27H,4-5,9H2,1-3H3,(H,28,29)(H,31,32). The molecule has 0 atom stereocenters. The minimum Gasteiger partial charge on any atom is -0.435 e. The van der Waals surface area contributed by atoms with E-state index in [0.29, 0.717) is 33.9 Å². The molecule has 1 amide bonds. The smallest absolute Gasteiger partial charge is 0.387 e. The van der Waals surface area contributed by atoms with Gasteiger partial charge in [-0.2, -0.15) is 8.78 Å². The van der Waals surface area contributed by atoms with Crippen LogP contribution in [0.4, 0.5) is 14.5 Å². The molecule has 1 aromatic carbocycles. The Bertz CT molecular complexity index is 1200. The lowest BCUT2D eigenvalue weighted by molar-refractivity contribution is -0.0498. The number of aromatic amines is 1. The van der Waals surface area contributed by atoms with Crippen LogP contribution in [0.2, 0.25) is 0 Å². The molecule has 1 fully saturated rings. The van der Waals surface area contributed by atoms with Crippen LogP contribution in [-0.2, 0) is 0 Å². The van der Waals surface area contributed by atoms with Crippen LogP contribution in [0.15, 0.2) is 30.6 Å². The molecule has 174 valence electrons. The highest BCUT2D eigenvalue weighted by molar-refractivity contribution is 6.14. The number of anilines is 1. The van der Waals surface area contributed by atoms with Gasteiger partial charge in [-0.25, -0.2) is 9.97 Å². The van der Waals surface area contributed by atoms with Gasteiger partial charge >= 0.3 is 6.61 Å². The maximum absolute atomic E-state index is 12.8. The monoisotopic (exact) mass is 456 g/mol. The molecule has 2 aromatic heterocycles. The van der Waals surface area contributed by atoms with Crippen molar-refractivity contribution < 1.29 is 18.3 Å². The summed E-state index contributed by atoms with van der Waals surface area (Å²) < 4.78 is 30.1. The molecule has 33 heavy (non-hydrogen) atoms. The minimum atomic E-state index is -2.97. The summed E-state index contributed by atoms with van der Waals surface area (Å²) in [5, 5.41) is 14.9. The number of amides is 1. The lowest BCUT2D eigenvalue weighted by Gasteiger charge is -2.20. The van der Waals surface area contributed by atoms with Gasteiger partial charge in [0.1, 0.15) is 17.0 Å². The van der Waals surface area contributed by atoms with Crippen LogP contribution < -0.4 is 15.4 Å². The number of rotatable bonds is 8. The van der Waals surface area contributed by atoms with E-state index in [1.165, 1.54) is 24.5 Å². The predicted octanol–water partition coefficient (Wildman–Crippen LogP) is 4.33. The number of nitrogens with zero attached hydrogens (tertiary/aromatic N) is 2. The third kappa shape index (κ3) is 5.44. The zero-order valence-electron chi connectivity index (χ0n) is 18.6. The molecule has 4 N–H and O–H groups in total. The van der Waals surface area contributed by atoms with Gasteiger partial charge in [0.2, 0.25) is 0 Å². The van der Waals surface area contributed by atoms with E-state index in [-0.39, 0.29) is 23.1 Å². The number of H-pyrrole nitrogens is 1. The molecular weight excluding hydrogens is 430 g/mol. The average molecular weight is 456 g/mol. The summed E-state index contributed by atoms with van der Waals surface area (Å²) in [5.74, 6) is 0.206. The van der Waals surface area contributed by atoms with Gasteiger partial charge in [-0.05, 0) is 57.7 Å². The number of alkyl halides is 2. The molecule has 2 heterocycles. The highest BCUT2D eigenvalue weighted by Crippen LogP contribution is 2.31. The summed E-state index contributed by atoms with van der Waals surface area (Å²) in [6, 6.07) is 4.45. The van der Waals surface area contributed by atoms with E-state index in [9.17, 15) is 13.6 Å². The SMILES string of the molecule is CC(C)(C)NC(=O)c1c[nH]c2ncc(C(=N)c3cc(OC(F)F)ccc3NCC3CC3)nc12. The fraction of sp³-hybridized carbons (Fsp3) is 0.391. The highest BCUT2D eigenvalue weighted by Gasteiger charge is 2.23. The first-order chi connectivity index (χ1) is 15.6. The third-order valence-corrected chi connectivity index (χ3v) is 5.13. The molecule has 0 spiro atoms. The molecule has 4 rings (SSSR count). The average Bonchev–Trinajstić information content (AvgIpc) is 3.46. The van der Waals surface area contributed by atoms with E-state index in [1.807, 2.05) is 20.8 Å². The number of benzene rings is 1. The molecule has 8 nitrogen and oxygen atoms in total. The van der Waals surface area contributed by atoms with Crippen molar-refractivity contribution in [1.82, 2.24) is 20.3 Å². The number of carbonyl (C=O) groups is 1. The number of carbonyl (C=O) groups excluding carboxylic acids is 1. The van der Waals surface area contributed by atoms with Crippen molar-refractivity contribution in [3.63, 3.8) is 0 Å². The summed E-state index contributed by atoms with van der Waals surface area (Å²) in [5.41, 5.74) is 1.77. The highest BCUT2D eigenvalue weighted by atomic mass is 19.3. The fourth-order valence-corrected chi connectivity index (χ4v) is 3.37. The minimum absolute atomic E-state index is 0.0224. The first kappa shape index (κ1) is 22.6. The Balaban J connectivity index is 1.69. The summed E-state index contributed by atoms with van der Waals surface area (Å²) in [4.78, 5) is 24.4. The van der Waals surface area contributed by atoms with Crippen LogP contribution in [0.25, 0.3) is 11.2 Å². The van der Waals surface area contributed by atoms with E-state index in [2.05, 4.69) is 30.3 Å². The Morgan fingerprint density at radius 2 is 2.06 bits per heavy atom. The van der Waals surface area contributed by atoms with E-state index in [0.717, 1.165) is 19.4 Å². The molecule has 1 aliphatic carbocycles. The van der Waals surface area contributed by atoms with E-state index in [4.69, 9.17) is 5.41 Å². The number of hydrogen-bond acceptors (Lipinski definition) is 6. The molecule has 1 aliphatic rings. The summed E-state index contributed by atoms with van der Waals surface area (Å²) in [6.07, 6.45) is 5.22. The first-order valence-electron chi connectivity index (χ1n) is 10.7. The zero-order chi connectivity index (χ0) is 23.8. The van der Waals surface area contributed by atoms with Gasteiger partial charge in [0.05, 0.1) is 17.5 Å². The van der Waals surface area contributed by atoms with Crippen molar-refractivity contribution in [3.05, 3.63) is 47.4 Å². The van der Waals surface area contributed by atoms with Crippen LogP contribution in [0.1, 0.15) is 55.2 Å². The molecule has 1 saturated carbocycles. The van der Waals surface area contributed by atoms with Gasteiger partial charge in [-0.15, -0.1) is 0 Å². The van der Waals surface area contributed by atoms with Gasteiger partial charge < -0.3 is 20.4 Å². The molecule has 0 aliphatic heterocycles. The summed E-state index contributed by atoms with van der Waals surface area (Å²) in [6.45, 7) is 3.37. The Morgan fingerprint density at radius 1 is 1.30 bits per heavy atom. The van der Waals surface area contributed by atoms with Gasteiger partial charge in [0.15, 0.2) is 5.65 Å². The fourth-order valence-electron chi connectivity index (χ4n) is 3.37. The molecule has 0 saturated heterocycles. The van der Waals surface area contributed by atoms with Crippen molar-refractivity contribution in [1.29, 1.82) is 5.41 Å². The van der Waals surface area contributed by atoms with E-state index >= 15 is 0 Å². The second-order valence-corrected chi connectivity index (χ2v) is 9.14. The molecule has 0 radical (unpaired) electrons. The number of hydrogen-bond donors (Lipinski definition) is 4. The first-order valence-corrected chi connectivity index (χ1v) is 10.7. The number of ether oxygens (including phenoxy) is 1. The quantitative estimate of drug-likeness (QED) is 0.377. The van der Waals surface area contributed by atoms with Crippen molar-refractivity contribution >= 4 is 28.5 Å². The van der Waals surface area contributed by atoms with E-state index in [1.54, 1.807) is 6.07 Å². The third-order valence-electron chi connectivity index (χ3n) is 5.13. The van der Waals surface area contributed by atoms with Crippen LogP contribution in [0, 0.1) is 11.3 Å². The summed E-state index contributed by atoms with van der Waals surface area (Å²) >= 11 is 0. The van der Waals surface area contributed by atoms with E-state index < -0.39 is 12.2 Å². The normalized spacial score (nSPS) is 13.9. The maximum Gasteiger partial charge on any atom is 0.387 e. The Labute approximate surface area is 189 Å². The van der Waals surface area contributed by atoms with Gasteiger partial charge in [0, 0.05) is 29.5 Å². The number of aromatic nitrogens is 3. The van der Waals surface area contributed by atoms with Gasteiger partial charge in [-0.3, -0.25) is 10.2 Å². The van der Waals surface area contributed by atoms with Crippen molar-refractivity contribution in [3.8, 4) is 5.75 Å². The number of fused-ring (bicyclic) bond motifs is 1. The second kappa shape index (κ2) is 8.76. The maximum atomic E-state index is 12.8. The lowest BCUT2D eigenvalue weighted by Crippen LogP contribution is -2.40.